The Morgan fingerprint density at radius 3 is 3.11 bits per heavy atom. The Balaban J connectivity index is 2.08. The van der Waals surface area contributed by atoms with Crippen molar-refractivity contribution in [3.8, 4) is 0 Å². The van der Waals surface area contributed by atoms with Gasteiger partial charge >= 0.3 is 0 Å². The molecule has 1 heterocycles. The van der Waals surface area contributed by atoms with Crippen LogP contribution in [0, 0.1) is 0 Å². The molecule has 0 saturated carbocycles. The number of carbonyl (C=O) groups excluding carboxylic acids is 1. The van der Waals surface area contributed by atoms with Gasteiger partial charge in [0, 0.05) is 30.0 Å². The number of nitrogens with one attached hydrogen (secondary N) is 1. The van der Waals surface area contributed by atoms with Gasteiger partial charge in [0.2, 0.25) is 0 Å². The van der Waals surface area contributed by atoms with Gasteiger partial charge in [-0.25, -0.2) is 0 Å². The lowest BCUT2D eigenvalue weighted by Crippen LogP contribution is -2.19. The summed E-state index contributed by atoms with van der Waals surface area (Å²) in [6, 6.07) is 5.37. The van der Waals surface area contributed by atoms with Crippen molar-refractivity contribution in [3.63, 3.8) is 0 Å². The first-order valence-electron chi connectivity index (χ1n) is 6.06. The molecule has 1 aromatic rings. The fourth-order valence-electron chi connectivity index (χ4n) is 1.94. The lowest BCUT2D eigenvalue weighted by molar-refractivity contribution is 0.0960. The minimum absolute atomic E-state index is 0.0789. The van der Waals surface area contributed by atoms with E-state index in [9.17, 15) is 4.79 Å². The second-order valence-electron chi connectivity index (χ2n) is 4.28. The highest BCUT2D eigenvalue weighted by Gasteiger charge is 2.17. The van der Waals surface area contributed by atoms with Crippen LogP contribution in [0.2, 0.25) is 0 Å². The van der Waals surface area contributed by atoms with E-state index < -0.39 is 0 Å². The third-order valence-corrected chi connectivity index (χ3v) is 4.11. The summed E-state index contributed by atoms with van der Waals surface area (Å²) in [7, 11) is 1.63. The van der Waals surface area contributed by atoms with Crippen LogP contribution < -0.4 is 11.1 Å². The average Bonchev–Trinajstić information content (AvgIpc) is 2.88. The molecule has 1 aliphatic rings. The van der Waals surface area contributed by atoms with Gasteiger partial charge in [-0.05, 0) is 31.0 Å². The van der Waals surface area contributed by atoms with Gasteiger partial charge in [0.05, 0.1) is 11.7 Å². The van der Waals surface area contributed by atoms with E-state index in [0.29, 0.717) is 17.4 Å². The van der Waals surface area contributed by atoms with E-state index in [1.165, 1.54) is 0 Å². The number of amides is 1. The Kier molecular flexibility index (Phi) is 4.49. The van der Waals surface area contributed by atoms with Gasteiger partial charge in [-0.15, -0.1) is 11.8 Å². The van der Waals surface area contributed by atoms with Gasteiger partial charge in [-0.1, -0.05) is 0 Å². The lowest BCUT2D eigenvalue weighted by atomic mass is 10.2. The number of hydrogen-bond donors (Lipinski definition) is 2. The molecular weight excluding hydrogens is 248 g/mol. The maximum absolute atomic E-state index is 11.7. The normalized spacial score (nSPS) is 18.8. The first kappa shape index (κ1) is 13.2. The van der Waals surface area contributed by atoms with Gasteiger partial charge < -0.3 is 15.8 Å². The second kappa shape index (κ2) is 6.11. The van der Waals surface area contributed by atoms with E-state index in [1.807, 2.05) is 6.07 Å². The standard InChI is InChI=1S/C13H18N2O2S/c1-15-13(16)11-5-4-9(14)7-12(11)18-8-10-3-2-6-17-10/h4-5,7,10H,2-3,6,8,14H2,1H3,(H,15,16). The highest BCUT2D eigenvalue weighted by molar-refractivity contribution is 7.99. The van der Waals surface area contributed by atoms with Crippen molar-refractivity contribution in [1.82, 2.24) is 5.32 Å². The molecule has 1 fully saturated rings. The summed E-state index contributed by atoms with van der Waals surface area (Å²) in [4.78, 5) is 12.7. The molecule has 4 nitrogen and oxygen atoms in total. The monoisotopic (exact) mass is 266 g/mol. The van der Waals surface area contributed by atoms with Crippen molar-refractivity contribution in [3.05, 3.63) is 23.8 Å². The Morgan fingerprint density at radius 1 is 1.61 bits per heavy atom. The van der Waals surface area contributed by atoms with Crippen molar-refractivity contribution in [1.29, 1.82) is 0 Å². The van der Waals surface area contributed by atoms with Crippen molar-refractivity contribution < 1.29 is 9.53 Å². The van der Waals surface area contributed by atoms with Gasteiger partial charge in [0.1, 0.15) is 0 Å². The highest BCUT2D eigenvalue weighted by atomic mass is 32.2. The Bertz CT molecular complexity index is 431. The molecule has 1 amide bonds. The minimum Gasteiger partial charge on any atom is -0.399 e. The third kappa shape index (κ3) is 3.17. The van der Waals surface area contributed by atoms with E-state index in [2.05, 4.69) is 5.32 Å². The highest BCUT2D eigenvalue weighted by Crippen LogP contribution is 2.28. The topological polar surface area (TPSA) is 64.4 Å². The number of ether oxygens (including phenoxy) is 1. The van der Waals surface area contributed by atoms with Crippen LogP contribution in [0.15, 0.2) is 23.1 Å². The Hall–Kier alpha value is -1.20. The summed E-state index contributed by atoms with van der Waals surface area (Å²) in [6.45, 7) is 0.852. The van der Waals surface area contributed by atoms with E-state index >= 15 is 0 Å². The summed E-state index contributed by atoms with van der Waals surface area (Å²) in [5.74, 6) is 0.790. The Labute approximate surface area is 111 Å². The predicted molar refractivity (Wildman–Crippen MR) is 73.9 cm³/mol. The maximum atomic E-state index is 11.7. The molecule has 1 aliphatic heterocycles. The molecule has 1 aromatic carbocycles. The third-order valence-electron chi connectivity index (χ3n) is 2.93. The lowest BCUT2D eigenvalue weighted by Gasteiger charge is -2.12. The van der Waals surface area contributed by atoms with Gasteiger partial charge in [0.25, 0.3) is 5.91 Å². The van der Waals surface area contributed by atoms with Crippen LogP contribution >= 0.6 is 11.8 Å². The fraction of sp³-hybridized carbons (Fsp3) is 0.462. The van der Waals surface area contributed by atoms with Crippen LogP contribution in [-0.2, 0) is 4.74 Å². The maximum Gasteiger partial charge on any atom is 0.252 e. The summed E-state index contributed by atoms with van der Waals surface area (Å²) < 4.78 is 5.58. The quantitative estimate of drug-likeness (QED) is 0.645. The second-order valence-corrected chi connectivity index (χ2v) is 5.34. The minimum atomic E-state index is -0.0789. The van der Waals surface area contributed by atoms with Crippen molar-refractivity contribution in [2.75, 3.05) is 25.1 Å². The average molecular weight is 266 g/mol. The Morgan fingerprint density at radius 2 is 2.44 bits per heavy atom. The van der Waals surface area contributed by atoms with Crippen LogP contribution in [0.5, 0.6) is 0 Å². The molecule has 2 rings (SSSR count). The molecule has 18 heavy (non-hydrogen) atoms. The SMILES string of the molecule is CNC(=O)c1ccc(N)cc1SCC1CCCO1. The number of anilines is 1. The number of rotatable bonds is 4. The van der Waals surface area contributed by atoms with E-state index in [4.69, 9.17) is 10.5 Å². The smallest absolute Gasteiger partial charge is 0.252 e. The van der Waals surface area contributed by atoms with Crippen LogP contribution in [-0.4, -0.2) is 31.4 Å². The summed E-state index contributed by atoms with van der Waals surface area (Å²) in [5.41, 5.74) is 7.13. The van der Waals surface area contributed by atoms with E-state index in [-0.39, 0.29) is 5.91 Å². The molecule has 0 aromatic heterocycles. The van der Waals surface area contributed by atoms with E-state index in [1.54, 1.807) is 30.9 Å². The summed E-state index contributed by atoms with van der Waals surface area (Å²) in [5, 5.41) is 2.64. The van der Waals surface area contributed by atoms with Gasteiger partial charge in [-0.3, -0.25) is 4.79 Å². The zero-order valence-corrected chi connectivity index (χ0v) is 11.3. The van der Waals surface area contributed by atoms with Crippen molar-refractivity contribution in [2.45, 2.75) is 23.8 Å². The van der Waals surface area contributed by atoms with E-state index in [0.717, 1.165) is 30.1 Å². The van der Waals surface area contributed by atoms with Crippen molar-refractivity contribution >= 4 is 23.4 Å². The van der Waals surface area contributed by atoms with Crippen LogP contribution in [0.25, 0.3) is 0 Å². The molecule has 0 bridgehead atoms. The molecule has 5 heteroatoms. The number of thioether (sulfide) groups is 1. The summed E-state index contributed by atoms with van der Waals surface area (Å²) in [6.07, 6.45) is 2.53. The van der Waals surface area contributed by atoms with Crippen LogP contribution in [0.3, 0.4) is 0 Å². The fourth-order valence-corrected chi connectivity index (χ4v) is 3.10. The number of nitrogens with two attached hydrogens (primary N) is 1. The molecule has 98 valence electrons. The molecule has 0 aliphatic carbocycles. The van der Waals surface area contributed by atoms with Crippen LogP contribution in [0.4, 0.5) is 5.69 Å². The molecule has 1 saturated heterocycles. The molecule has 0 spiro atoms. The van der Waals surface area contributed by atoms with Crippen LogP contribution in [0.1, 0.15) is 23.2 Å². The molecule has 1 atom stereocenters. The van der Waals surface area contributed by atoms with Crippen molar-refractivity contribution in [2.24, 2.45) is 0 Å². The van der Waals surface area contributed by atoms with Gasteiger partial charge in [0.15, 0.2) is 0 Å². The zero-order valence-electron chi connectivity index (χ0n) is 10.4. The zero-order chi connectivity index (χ0) is 13.0. The molecule has 0 radical (unpaired) electrons. The molecule has 3 N–H and O–H groups in total. The number of nitrogen functional groups attached to an aromatic ring is 1. The molecule has 1 unspecified atom stereocenters. The first-order valence-corrected chi connectivity index (χ1v) is 7.05. The number of carbonyl (C=O) groups is 1. The first-order chi connectivity index (χ1) is 8.70. The predicted octanol–water partition coefficient (Wildman–Crippen LogP) is 1.90. The van der Waals surface area contributed by atoms with Gasteiger partial charge in [-0.2, -0.15) is 0 Å². The summed E-state index contributed by atoms with van der Waals surface area (Å²) >= 11 is 1.64. The number of benzene rings is 1. The molecular formula is C13H18N2O2S. The largest absolute Gasteiger partial charge is 0.399 e. The number of hydrogen-bond acceptors (Lipinski definition) is 4.